The molecule has 7 aromatic heterocycles. The first kappa shape index (κ1) is 51.0. The van der Waals surface area contributed by atoms with E-state index in [0.717, 1.165) is 111 Å². The van der Waals surface area contributed by atoms with Crippen molar-refractivity contribution in [3.05, 3.63) is 210 Å². The summed E-state index contributed by atoms with van der Waals surface area (Å²) in [5.74, 6) is 7.26. The average Bonchev–Trinajstić information content (AvgIpc) is 1.79. The molecule has 14 aromatic rings. The average molecular weight is 1090 g/mol. The number of rotatable bonds is 9. The third-order valence-corrected chi connectivity index (χ3v) is 15.0. The summed E-state index contributed by atoms with van der Waals surface area (Å²) in [4.78, 5) is 61.9. The standard InChI is InChI=1S/C68H50N16/c1-36-70-37(2)75-65(74-36)47-19-23-58-52(29-47)53-30-48(66-76-38(3)71-39(4)77-66)20-24-59(53)83(58)62-27-44(35-69)28-63(64(62)51-33-56(45-15-11-9-12-16-45)82-57(34-51)46-17-13-10-14-18-46)84-60-25-21-49(67-78-40(5)72-41(6)79-67)31-54(60)55-32-50(22-26-61(55)84)68-80-42(7)73-43(8)81-68/h9-34H,1-8H3. The van der Waals surface area contributed by atoms with Crippen LogP contribution < -0.4 is 0 Å². The van der Waals surface area contributed by atoms with Crippen LogP contribution in [0.2, 0.25) is 0 Å². The van der Waals surface area contributed by atoms with E-state index in [0.29, 0.717) is 75.5 Å². The Morgan fingerprint density at radius 2 is 0.571 bits per heavy atom. The molecule has 0 spiro atoms. The van der Waals surface area contributed by atoms with E-state index in [9.17, 15) is 5.26 Å². The van der Waals surface area contributed by atoms with Crippen LogP contribution in [0.1, 0.15) is 52.2 Å². The predicted octanol–water partition coefficient (Wildman–Crippen LogP) is 14.0. The zero-order valence-electron chi connectivity index (χ0n) is 47.2. The Balaban J connectivity index is 1.14. The van der Waals surface area contributed by atoms with Crippen molar-refractivity contribution in [3.8, 4) is 96.6 Å². The van der Waals surface area contributed by atoms with Crippen molar-refractivity contribution < 1.29 is 0 Å². The molecule has 14 rings (SSSR count). The van der Waals surface area contributed by atoms with Gasteiger partial charge in [0.25, 0.3) is 0 Å². The quantitative estimate of drug-likeness (QED) is 0.132. The molecule has 7 aromatic carbocycles. The van der Waals surface area contributed by atoms with Crippen molar-refractivity contribution in [2.75, 3.05) is 0 Å². The first-order valence-electron chi connectivity index (χ1n) is 27.5. The summed E-state index contributed by atoms with van der Waals surface area (Å²) in [6.45, 7) is 15.0. The molecule has 0 bridgehead atoms. The van der Waals surface area contributed by atoms with Gasteiger partial charge in [-0.1, -0.05) is 60.7 Å². The molecule has 16 heteroatoms. The van der Waals surface area contributed by atoms with Crippen molar-refractivity contribution in [2.45, 2.75) is 55.4 Å². The second-order valence-electron chi connectivity index (χ2n) is 21.0. The van der Waals surface area contributed by atoms with Gasteiger partial charge in [0.15, 0.2) is 23.3 Å². The summed E-state index contributed by atoms with van der Waals surface area (Å²) < 4.78 is 4.55. The Labute approximate surface area is 482 Å². The molecule has 0 aliphatic carbocycles. The second kappa shape index (κ2) is 20.1. The van der Waals surface area contributed by atoms with E-state index in [1.807, 2.05) is 104 Å². The highest BCUT2D eigenvalue weighted by molar-refractivity contribution is 6.14. The molecule has 0 saturated heterocycles. The Bertz CT molecular complexity index is 4480. The van der Waals surface area contributed by atoms with E-state index < -0.39 is 0 Å². The summed E-state index contributed by atoms with van der Waals surface area (Å²) >= 11 is 0. The predicted molar refractivity (Wildman–Crippen MR) is 327 cm³/mol. The summed E-state index contributed by atoms with van der Waals surface area (Å²) in [5, 5.41) is 15.1. The van der Waals surface area contributed by atoms with Gasteiger partial charge >= 0.3 is 0 Å². The summed E-state index contributed by atoms with van der Waals surface area (Å²) in [7, 11) is 0. The van der Waals surface area contributed by atoms with Gasteiger partial charge in [-0.05, 0) is 158 Å². The fourth-order valence-corrected chi connectivity index (χ4v) is 11.6. The maximum Gasteiger partial charge on any atom is 0.163 e. The number of hydrogen-bond donors (Lipinski definition) is 0. The number of aromatic nitrogens is 15. The highest BCUT2D eigenvalue weighted by Gasteiger charge is 2.27. The van der Waals surface area contributed by atoms with Crippen LogP contribution in [0.5, 0.6) is 0 Å². The third kappa shape index (κ3) is 9.10. The highest BCUT2D eigenvalue weighted by atomic mass is 15.1. The maximum atomic E-state index is 11.5. The Morgan fingerprint density at radius 3 is 0.845 bits per heavy atom. The minimum atomic E-state index is 0.440. The Kier molecular flexibility index (Phi) is 12.2. The molecule has 0 fully saturated rings. The van der Waals surface area contributed by atoms with Gasteiger partial charge in [0.05, 0.1) is 56.5 Å². The minimum Gasteiger partial charge on any atom is -0.308 e. The molecular weight excluding hydrogens is 1040 g/mol. The van der Waals surface area contributed by atoms with Crippen LogP contribution in [0.4, 0.5) is 0 Å². The lowest BCUT2D eigenvalue weighted by atomic mass is 9.95. The number of aryl methyl sites for hydroxylation is 8. The van der Waals surface area contributed by atoms with E-state index in [-0.39, 0.29) is 0 Å². The lowest BCUT2D eigenvalue weighted by Gasteiger charge is -2.22. The first-order valence-corrected chi connectivity index (χ1v) is 27.5. The molecule has 0 radical (unpaired) electrons. The number of hydrogen-bond acceptors (Lipinski definition) is 14. The lowest BCUT2D eigenvalue weighted by molar-refractivity contribution is 0.928. The van der Waals surface area contributed by atoms with Gasteiger partial charge in [-0.25, -0.2) is 64.8 Å². The minimum absolute atomic E-state index is 0.440. The molecule has 0 aliphatic rings. The number of pyridine rings is 1. The monoisotopic (exact) mass is 1090 g/mol. The van der Waals surface area contributed by atoms with Crippen LogP contribution in [0.25, 0.3) is 134 Å². The smallest absolute Gasteiger partial charge is 0.163 e. The fourth-order valence-electron chi connectivity index (χ4n) is 11.6. The summed E-state index contributed by atoms with van der Waals surface area (Å²) in [5.41, 5.74) is 13.9. The lowest BCUT2D eigenvalue weighted by Crippen LogP contribution is -2.06. The summed E-state index contributed by atoms with van der Waals surface area (Å²) in [6.07, 6.45) is 0. The summed E-state index contributed by atoms with van der Waals surface area (Å²) in [6, 6.07) is 56.7. The number of fused-ring (bicyclic) bond motifs is 6. The van der Waals surface area contributed by atoms with Crippen LogP contribution in [0.3, 0.4) is 0 Å². The molecule has 0 aliphatic heterocycles. The maximum absolute atomic E-state index is 11.5. The molecule has 0 amide bonds. The molecule has 84 heavy (non-hydrogen) atoms. The fraction of sp³-hybridized carbons (Fsp3) is 0.118. The van der Waals surface area contributed by atoms with Crippen LogP contribution in [-0.2, 0) is 0 Å². The van der Waals surface area contributed by atoms with Gasteiger partial charge in [0.1, 0.15) is 46.6 Å². The van der Waals surface area contributed by atoms with Crippen LogP contribution in [0.15, 0.2) is 158 Å². The molecule has 0 N–H and O–H groups in total. The van der Waals surface area contributed by atoms with Crippen LogP contribution >= 0.6 is 0 Å². The zero-order valence-corrected chi connectivity index (χ0v) is 47.2. The van der Waals surface area contributed by atoms with Crippen LogP contribution in [-0.4, -0.2) is 73.9 Å². The topological polar surface area (TPSA) is 201 Å². The SMILES string of the molecule is Cc1nc(C)nc(-c2ccc3c(c2)c2cc(-c4nc(C)nc(C)n4)ccc2n3-c2cc(C#N)cc(-n3c4ccc(-c5nc(C)nc(C)n5)cc4c4cc(-c5nc(C)nc(C)n5)ccc43)c2-c2cc(-c3ccccc3)nc(-c3ccccc3)c2)n1. The van der Waals surface area contributed by atoms with Gasteiger partial charge in [0.2, 0.25) is 0 Å². The van der Waals surface area contributed by atoms with Crippen molar-refractivity contribution >= 4 is 43.6 Å². The van der Waals surface area contributed by atoms with Gasteiger partial charge in [0, 0.05) is 60.5 Å². The van der Waals surface area contributed by atoms with Crippen molar-refractivity contribution in [3.63, 3.8) is 0 Å². The molecular formula is C68H50N16. The largest absolute Gasteiger partial charge is 0.308 e. The number of nitriles is 1. The van der Waals surface area contributed by atoms with E-state index in [2.05, 4.69) is 144 Å². The van der Waals surface area contributed by atoms with Crippen molar-refractivity contribution in [1.29, 1.82) is 5.26 Å². The molecule has 0 unspecified atom stereocenters. The van der Waals surface area contributed by atoms with Gasteiger partial charge in [-0.3, -0.25) is 0 Å². The van der Waals surface area contributed by atoms with E-state index in [4.69, 9.17) is 44.9 Å². The molecule has 0 saturated carbocycles. The van der Waals surface area contributed by atoms with Crippen LogP contribution in [0, 0.1) is 66.7 Å². The number of nitrogens with zero attached hydrogens (tertiary/aromatic N) is 16. The Morgan fingerprint density at radius 1 is 0.286 bits per heavy atom. The second-order valence-corrected chi connectivity index (χ2v) is 21.0. The Hall–Kier alpha value is -11.2. The third-order valence-electron chi connectivity index (χ3n) is 15.0. The van der Waals surface area contributed by atoms with Crippen molar-refractivity contribution in [1.82, 2.24) is 73.9 Å². The van der Waals surface area contributed by atoms with E-state index in [1.54, 1.807) is 0 Å². The molecule has 0 atom stereocenters. The van der Waals surface area contributed by atoms with Gasteiger partial charge < -0.3 is 9.13 Å². The number of benzene rings is 7. The zero-order chi connectivity index (χ0) is 57.5. The van der Waals surface area contributed by atoms with E-state index >= 15 is 0 Å². The van der Waals surface area contributed by atoms with Gasteiger partial charge in [-0.15, -0.1) is 0 Å². The van der Waals surface area contributed by atoms with E-state index in [1.165, 1.54) is 0 Å². The highest BCUT2D eigenvalue weighted by Crippen LogP contribution is 2.46. The van der Waals surface area contributed by atoms with Gasteiger partial charge in [-0.2, -0.15) is 5.26 Å². The molecule has 7 heterocycles. The molecule has 16 nitrogen and oxygen atoms in total. The normalized spacial score (nSPS) is 11.6. The first-order chi connectivity index (χ1) is 40.8. The van der Waals surface area contributed by atoms with Crippen molar-refractivity contribution in [2.24, 2.45) is 0 Å². The molecule has 402 valence electrons.